The summed E-state index contributed by atoms with van der Waals surface area (Å²) >= 11 is 0. The van der Waals surface area contributed by atoms with Crippen LogP contribution < -0.4 is 10.1 Å². The summed E-state index contributed by atoms with van der Waals surface area (Å²) in [6, 6.07) is 15.5. The molecular weight excluding hydrogens is 276 g/mol. The van der Waals surface area contributed by atoms with E-state index in [4.69, 9.17) is 4.74 Å². The van der Waals surface area contributed by atoms with Gasteiger partial charge >= 0.3 is 0 Å². The highest BCUT2D eigenvalue weighted by Crippen LogP contribution is 2.14. The number of carbonyl (C=O) groups is 1. The van der Waals surface area contributed by atoms with E-state index in [1.807, 2.05) is 54.7 Å². The lowest BCUT2D eigenvalue weighted by atomic mass is 10.1. The Hall–Kier alpha value is -2.75. The van der Waals surface area contributed by atoms with E-state index >= 15 is 0 Å². The molecule has 3 aromatic rings. The molecule has 2 aromatic carbocycles. The van der Waals surface area contributed by atoms with Crippen molar-refractivity contribution in [2.24, 2.45) is 0 Å². The molecule has 4 nitrogen and oxygen atoms in total. The van der Waals surface area contributed by atoms with Crippen molar-refractivity contribution in [3.8, 4) is 5.75 Å². The highest BCUT2D eigenvalue weighted by Gasteiger charge is 2.06. The number of H-pyrrole nitrogens is 1. The van der Waals surface area contributed by atoms with Crippen LogP contribution in [-0.2, 0) is 6.42 Å². The molecular formula is C18H18N2O2. The van der Waals surface area contributed by atoms with Crippen LogP contribution >= 0.6 is 0 Å². The standard InChI is InChI=1S/C18H18N2O2/c1-22-16-4-2-3-13(11-16)7-9-20-18(21)15-6-5-14-8-10-19-17(14)12-15/h2-6,8,10-12,19H,7,9H2,1H3,(H,20,21). The minimum absolute atomic E-state index is 0.0561. The maximum absolute atomic E-state index is 12.2. The fourth-order valence-corrected chi connectivity index (χ4v) is 2.44. The van der Waals surface area contributed by atoms with E-state index in [9.17, 15) is 4.79 Å². The van der Waals surface area contributed by atoms with Crippen molar-refractivity contribution >= 4 is 16.8 Å². The van der Waals surface area contributed by atoms with Crippen molar-refractivity contribution in [3.63, 3.8) is 0 Å². The van der Waals surface area contributed by atoms with E-state index < -0.39 is 0 Å². The molecule has 0 atom stereocenters. The number of hydrogen-bond acceptors (Lipinski definition) is 2. The van der Waals surface area contributed by atoms with Crippen molar-refractivity contribution in [1.29, 1.82) is 0 Å². The number of carbonyl (C=O) groups excluding carboxylic acids is 1. The Labute approximate surface area is 129 Å². The predicted octanol–water partition coefficient (Wildman–Crippen LogP) is 3.15. The number of methoxy groups -OCH3 is 1. The molecule has 22 heavy (non-hydrogen) atoms. The molecule has 0 radical (unpaired) electrons. The van der Waals surface area contributed by atoms with Gasteiger partial charge < -0.3 is 15.0 Å². The average molecular weight is 294 g/mol. The molecule has 1 aromatic heterocycles. The number of rotatable bonds is 5. The normalized spacial score (nSPS) is 10.6. The third kappa shape index (κ3) is 3.11. The Morgan fingerprint density at radius 3 is 2.95 bits per heavy atom. The van der Waals surface area contributed by atoms with Crippen molar-refractivity contribution in [1.82, 2.24) is 10.3 Å². The molecule has 0 saturated carbocycles. The number of aromatic amines is 1. The number of benzene rings is 2. The van der Waals surface area contributed by atoms with Gasteiger partial charge in [-0.2, -0.15) is 0 Å². The molecule has 3 rings (SSSR count). The summed E-state index contributed by atoms with van der Waals surface area (Å²) in [7, 11) is 1.65. The quantitative estimate of drug-likeness (QED) is 0.759. The van der Waals surface area contributed by atoms with E-state index in [1.54, 1.807) is 7.11 Å². The maximum atomic E-state index is 12.2. The third-order valence-corrected chi connectivity index (χ3v) is 3.65. The molecule has 112 valence electrons. The molecule has 1 amide bonds. The molecule has 1 heterocycles. The molecule has 0 fully saturated rings. The van der Waals surface area contributed by atoms with Gasteiger partial charge in [-0.15, -0.1) is 0 Å². The van der Waals surface area contributed by atoms with Crippen LogP contribution in [0.15, 0.2) is 54.7 Å². The Morgan fingerprint density at radius 2 is 2.09 bits per heavy atom. The lowest BCUT2D eigenvalue weighted by Crippen LogP contribution is -2.25. The minimum Gasteiger partial charge on any atom is -0.497 e. The Kier molecular flexibility index (Phi) is 4.10. The molecule has 0 aliphatic rings. The number of nitrogens with one attached hydrogen (secondary N) is 2. The van der Waals surface area contributed by atoms with E-state index in [-0.39, 0.29) is 5.91 Å². The summed E-state index contributed by atoms with van der Waals surface area (Å²) in [5.74, 6) is 0.778. The average Bonchev–Trinajstić information content (AvgIpc) is 3.02. The van der Waals surface area contributed by atoms with Crippen molar-refractivity contribution < 1.29 is 9.53 Å². The summed E-state index contributed by atoms with van der Waals surface area (Å²) in [6.45, 7) is 0.592. The molecule has 0 spiro atoms. The van der Waals surface area contributed by atoms with Crippen LogP contribution in [-0.4, -0.2) is 24.5 Å². The monoisotopic (exact) mass is 294 g/mol. The number of aromatic nitrogens is 1. The first kappa shape index (κ1) is 14.2. The van der Waals surface area contributed by atoms with Crippen LogP contribution in [0.5, 0.6) is 5.75 Å². The van der Waals surface area contributed by atoms with Gasteiger partial charge in [0.1, 0.15) is 5.75 Å². The summed E-state index contributed by atoms with van der Waals surface area (Å²) in [4.78, 5) is 15.3. The van der Waals surface area contributed by atoms with Crippen LogP contribution in [0.4, 0.5) is 0 Å². The van der Waals surface area contributed by atoms with E-state index in [2.05, 4.69) is 10.3 Å². The van der Waals surface area contributed by atoms with Crippen LogP contribution in [0.25, 0.3) is 10.9 Å². The van der Waals surface area contributed by atoms with Crippen molar-refractivity contribution in [2.75, 3.05) is 13.7 Å². The molecule has 2 N–H and O–H groups in total. The summed E-state index contributed by atoms with van der Waals surface area (Å²) in [6.07, 6.45) is 2.64. The summed E-state index contributed by atoms with van der Waals surface area (Å²) < 4.78 is 5.19. The number of ether oxygens (including phenoxy) is 1. The van der Waals surface area contributed by atoms with Gasteiger partial charge in [0.05, 0.1) is 7.11 Å². The zero-order valence-corrected chi connectivity index (χ0v) is 12.4. The van der Waals surface area contributed by atoms with E-state index in [0.29, 0.717) is 12.1 Å². The highest BCUT2D eigenvalue weighted by molar-refractivity contribution is 5.97. The van der Waals surface area contributed by atoms with Gasteiger partial charge in [-0.05, 0) is 47.7 Å². The topological polar surface area (TPSA) is 54.1 Å². The Bertz CT molecular complexity index is 792. The second kappa shape index (κ2) is 6.35. The smallest absolute Gasteiger partial charge is 0.251 e. The van der Waals surface area contributed by atoms with Crippen LogP contribution in [0.1, 0.15) is 15.9 Å². The molecule has 0 bridgehead atoms. The highest BCUT2D eigenvalue weighted by atomic mass is 16.5. The van der Waals surface area contributed by atoms with Crippen LogP contribution in [0.2, 0.25) is 0 Å². The second-order valence-electron chi connectivity index (χ2n) is 5.14. The SMILES string of the molecule is COc1cccc(CCNC(=O)c2ccc3cc[nH]c3c2)c1. The number of amides is 1. The molecule has 4 heteroatoms. The fraction of sp³-hybridized carbons (Fsp3) is 0.167. The van der Waals surface area contributed by atoms with Crippen LogP contribution in [0.3, 0.4) is 0 Å². The fourth-order valence-electron chi connectivity index (χ4n) is 2.44. The molecule has 0 aliphatic carbocycles. The lowest BCUT2D eigenvalue weighted by Gasteiger charge is -2.07. The van der Waals surface area contributed by atoms with Gasteiger partial charge in [-0.3, -0.25) is 4.79 Å². The van der Waals surface area contributed by atoms with Crippen molar-refractivity contribution in [3.05, 3.63) is 65.9 Å². The zero-order valence-electron chi connectivity index (χ0n) is 12.4. The van der Waals surface area contributed by atoms with Crippen molar-refractivity contribution in [2.45, 2.75) is 6.42 Å². The summed E-state index contributed by atoms with van der Waals surface area (Å²) in [5.41, 5.74) is 2.78. The minimum atomic E-state index is -0.0561. The van der Waals surface area contributed by atoms with Gasteiger partial charge in [0.15, 0.2) is 0 Å². The third-order valence-electron chi connectivity index (χ3n) is 3.65. The zero-order chi connectivity index (χ0) is 15.4. The van der Waals surface area contributed by atoms with Crippen LogP contribution in [0, 0.1) is 0 Å². The molecule has 0 saturated heterocycles. The largest absolute Gasteiger partial charge is 0.497 e. The van der Waals surface area contributed by atoms with Gasteiger partial charge in [0.2, 0.25) is 0 Å². The molecule has 0 aliphatic heterocycles. The van der Waals surface area contributed by atoms with Gasteiger partial charge in [0.25, 0.3) is 5.91 Å². The molecule has 0 unspecified atom stereocenters. The van der Waals surface area contributed by atoms with E-state index in [0.717, 1.165) is 28.6 Å². The second-order valence-corrected chi connectivity index (χ2v) is 5.14. The number of fused-ring (bicyclic) bond motifs is 1. The summed E-state index contributed by atoms with van der Waals surface area (Å²) in [5, 5.41) is 4.05. The van der Waals surface area contributed by atoms with Gasteiger partial charge in [-0.1, -0.05) is 18.2 Å². The first-order valence-corrected chi connectivity index (χ1v) is 7.24. The predicted molar refractivity (Wildman–Crippen MR) is 87.3 cm³/mol. The Balaban J connectivity index is 1.59. The van der Waals surface area contributed by atoms with E-state index in [1.165, 1.54) is 0 Å². The maximum Gasteiger partial charge on any atom is 0.251 e. The first-order chi connectivity index (χ1) is 10.8. The number of hydrogen-bond donors (Lipinski definition) is 2. The van der Waals surface area contributed by atoms with Gasteiger partial charge in [-0.25, -0.2) is 0 Å². The van der Waals surface area contributed by atoms with Gasteiger partial charge in [0, 0.05) is 23.8 Å². The lowest BCUT2D eigenvalue weighted by molar-refractivity contribution is 0.0954. The first-order valence-electron chi connectivity index (χ1n) is 7.24. The Morgan fingerprint density at radius 1 is 1.18 bits per heavy atom.